The third-order valence-corrected chi connectivity index (χ3v) is 3.71. The van der Waals surface area contributed by atoms with E-state index in [0.29, 0.717) is 24.4 Å². The zero-order valence-electron chi connectivity index (χ0n) is 12.7. The van der Waals surface area contributed by atoms with Gasteiger partial charge in [0.05, 0.1) is 0 Å². The van der Waals surface area contributed by atoms with E-state index in [1.54, 1.807) is 0 Å². The zero-order chi connectivity index (χ0) is 13.3. The minimum Gasteiger partial charge on any atom is -0.396 e. The van der Waals surface area contributed by atoms with Gasteiger partial charge in [0, 0.05) is 6.61 Å². The Kier molecular flexibility index (Phi) is 11.6. The first-order valence-electron chi connectivity index (χ1n) is 6.88. The molecule has 0 radical (unpaired) electrons. The van der Waals surface area contributed by atoms with E-state index in [2.05, 4.69) is 55.4 Å². The molecular formula is C15H34O. The normalized spacial score (nSPS) is 13.3. The first-order valence-corrected chi connectivity index (χ1v) is 6.88. The molecule has 0 aliphatic heterocycles. The fourth-order valence-electron chi connectivity index (χ4n) is 1.66. The van der Waals surface area contributed by atoms with Crippen LogP contribution in [0.15, 0.2) is 0 Å². The van der Waals surface area contributed by atoms with Crippen LogP contribution in [0.5, 0.6) is 0 Å². The molecule has 0 rings (SSSR count). The average Bonchev–Trinajstić information content (AvgIpc) is 2.17. The first kappa shape index (κ1) is 18.3. The smallest absolute Gasteiger partial charge is 0.0464 e. The third kappa shape index (κ3) is 9.21. The second-order valence-corrected chi connectivity index (χ2v) is 5.96. The Morgan fingerprint density at radius 2 is 1.12 bits per heavy atom. The highest BCUT2D eigenvalue weighted by atomic mass is 16.3. The van der Waals surface area contributed by atoms with Gasteiger partial charge in [0.15, 0.2) is 0 Å². The summed E-state index contributed by atoms with van der Waals surface area (Å²) in [7, 11) is 0. The Bertz CT molecular complexity index is 130. The van der Waals surface area contributed by atoms with Crippen LogP contribution >= 0.6 is 0 Å². The number of rotatable bonds is 5. The van der Waals surface area contributed by atoms with Gasteiger partial charge in [0.25, 0.3) is 0 Å². The number of aliphatic hydroxyl groups is 1. The molecule has 1 heteroatoms. The lowest BCUT2D eigenvalue weighted by molar-refractivity contribution is 0.150. The van der Waals surface area contributed by atoms with E-state index in [9.17, 15) is 0 Å². The predicted molar refractivity (Wildman–Crippen MR) is 74.5 cm³/mol. The lowest BCUT2D eigenvalue weighted by Gasteiger charge is -2.21. The van der Waals surface area contributed by atoms with Gasteiger partial charge < -0.3 is 5.11 Å². The lowest BCUT2D eigenvalue weighted by atomic mass is 9.86. The Labute approximate surface area is 104 Å². The van der Waals surface area contributed by atoms with Crippen LogP contribution in [0, 0.1) is 29.6 Å². The molecule has 0 aliphatic rings. The van der Waals surface area contributed by atoms with Crippen molar-refractivity contribution in [2.24, 2.45) is 29.6 Å². The van der Waals surface area contributed by atoms with Crippen LogP contribution in [0.2, 0.25) is 0 Å². The van der Waals surface area contributed by atoms with Crippen molar-refractivity contribution in [1.82, 2.24) is 0 Å². The molecule has 0 aliphatic carbocycles. The van der Waals surface area contributed by atoms with Crippen molar-refractivity contribution < 1.29 is 5.11 Å². The molecule has 0 fully saturated rings. The fourth-order valence-corrected chi connectivity index (χ4v) is 1.66. The summed E-state index contributed by atoms with van der Waals surface area (Å²) in [6.45, 7) is 18.0. The van der Waals surface area contributed by atoms with Crippen molar-refractivity contribution in [1.29, 1.82) is 0 Å². The summed E-state index contributed by atoms with van der Waals surface area (Å²) in [5, 5.41) is 8.87. The van der Waals surface area contributed by atoms with Crippen molar-refractivity contribution in [3.05, 3.63) is 0 Å². The Balaban J connectivity index is 0. The van der Waals surface area contributed by atoms with Gasteiger partial charge in [-0.15, -0.1) is 0 Å². The van der Waals surface area contributed by atoms with E-state index in [1.807, 2.05) is 0 Å². The summed E-state index contributed by atoms with van der Waals surface area (Å²) >= 11 is 0. The summed E-state index contributed by atoms with van der Waals surface area (Å²) in [4.78, 5) is 0. The van der Waals surface area contributed by atoms with Gasteiger partial charge in [0.2, 0.25) is 0 Å². The number of hydrogen-bond donors (Lipinski definition) is 1. The molecule has 1 atom stereocenters. The van der Waals surface area contributed by atoms with E-state index in [-0.39, 0.29) is 0 Å². The van der Waals surface area contributed by atoms with Gasteiger partial charge in [-0.1, -0.05) is 61.8 Å². The second-order valence-electron chi connectivity index (χ2n) is 5.96. The molecule has 0 bridgehead atoms. The molecule has 0 aromatic rings. The number of hydrogen-bond acceptors (Lipinski definition) is 1. The fraction of sp³-hybridized carbons (Fsp3) is 1.00. The Morgan fingerprint density at radius 1 is 0.750 bits per heavy atom. The molecule has 100 valence electrons. The minimum atomic E-state index is 0.329. The van der Waals surface area contributed by atoms with Gasteiger partial charge >= 0.3 is 0 Å². The van der Waals surface area contributed by atoms with Crippen molar-refractivity contribution in [2.75, 3.05) is 6.61 Å². The van der Waals surface area contributed by atoms with E-state index in [0.717, 1.165) is 11.8 Å². The molecule has 1 N–H and O–H groups in total. The molecular weight excluding hydrogens is 196 g/mol. The van der Waals surface area contributed by atoms with Gasteiger partial charge in [-0.2, -0.15) is 0 Å². The number of aliphatic hydroxyl groups excluding tert-OH is 1. The van der Waals surface area contributed by atoms with Gasteiger partial charge in [-0.05, 0) is 29.6 Å². The van der Waals surface area contributed by atoms with Crippen LogP contribution in [0.3, 0.4) is 0 Å². The molecule has 0 saturated carbocycles. The van der Waals surface area contributed by atoms with Crippen LogP contribution < -0.4 is 0 Å². The third-order valence-electron chi connectivity index (χ3n) is 3.71. The van der Waals surface area contributed by atoms with E-state index >= 15 is 0 Å². The van der Waals surface area contributed by atoms with Crippen molar-refractivity contribution >= 4 is 0 Å². The first-order chi connectivity index (χ1) is 7.27. The molecule has 0 aromatic carbocycles. The van der Waals surface area contributed by atoms with Crippen molar-refractivity contribution in [3.63, 3.8) is 0 Å². The summed E-state index contributed by atoms with van der Waals surface area (Å²) < 4.78 is 0. The molecule has 0 amide bonds. The van der Waals surface area contributed by atoms with Gasteiger partial charge in [-0.3, -0.25) is 0 Å². The highest BCUT2D eigenvalue weighted by Crippen LogP contribution is 2.18. The van der Waals surface area contributed by atoms with E-state index < -0.39 is 0 Å². The SMILES string of the molecule is CC(C)C(CO)C(C)C.CCC(C)C(C)C. The molecule has 0 spiro atoms. The maximum absolute atomic E-state index is 8.87. The van der Waals surface area contributed by atoms with Gasteiger partial charge in [-0.25, -0.2) is 0 Å². The molecule has 1 unspecified atom stereocenters. The lowest BCUT2D eigenvalue weighted by Crippen LogP contribution is -2.19. The molecule has 0 saturated heterocycles. The van der Waals surface area contributed by atoms with Crippen LogP contribution in [0.4, 0.5) is 0 Å². The van der Waals surface area contributed by atoms with Crippen LogP contribution in [0.25, 0.3) is 0 Å². The van der Waals surface area contributed by atoms with Crippen molar-refractivity contribution in [3.8, 4) is 0 Å². The van der Waals surface area contributed by atoms with Crippen LogP contribution in [-0.4, -0.2) is 11.7 Å². The van der Waals surface area contributed by atoms with Crippen molar-refractivity contribution in [2.45, 2.75) is 61.8 Å². The summed E-state index contributed by atoms with van der Waals surface area (Å²) in [6.07, 6.45) is 1.32. The summed E-state index contributed by atoms with van der Waals surface area (Å²) in [5.41, 5.74) is 0. The van der Waals surface area contributed by atoms with Crippen LogP contribution in [0.1, 0.15) is 61.8 Å². The average molecular weight is 230 g/mol. The standard InChI is InChI=1S/C8H18O.C7H16/c1-6(2)8(5-9)7(3)4;1-5-7(4)6(2)3/h6-9H,5H2,1-4H3;6-7H,5H2,1-4H3. The highest BCUT2D eigenvalue weighted by molar-refractivity contribution is 4.64. The molecule has 1 nitrogen and oxygen atoms in total. The largest absolute Gasteiger partial charge is 0.396 e. The quantitative estimate of drug-likeness (QED) is 0.732. The minimum absolute atomic E-state index is 0.329. The maximum Gasteiger partial charge on any atom is 0.0464 e. The van der Waals surface area contributed by atoms with Crippen LogP contribution in [-0.2, 0) is 0 Å². The molecule has 16 heavy (non-hydrogen) atoms. The van der Waals surface area contributed by atoms with E-state index in [1.165, 1.54) is 6.42 Å². The Morgan fingerprint density at radius 3 is 1.12 bits per heavy atom. The highest BCUT2D eigenvalue weighted by Gasteiger charge is 2.15. The topological polar surface area (TPSA) is 20.2 Å². The predicted octanol–water partition coefficient (Wildman–Crippen LogP) is 4.60. The Hall–Kier alpha value is -0.0400. The van der Waals surface area contributed by atoms with Gasteiger partial charge in [0.1, 0.15) is 0 Å². The van der Waals surface area contributed by atoms with E-state index in [4.69, 9.17) is 5.11 Å². The summed E-state index contributed by atoms with van der Waals surface area (Å²) in [5.74, 6) is 3.46. The monoisotopic (exact) mass is 230 g/mol. The maximum atomic E-state index is 8.87. The zero-order valence-corrected chi connectivity index (χ0v) is 12.7. The second kappa shape index (κ2) is 10.1. The summed E-state index contributed by atoms with van der Waals surface area (Å²) in [6, 6.07) is 0. The molecule has 0 aromatic heterocycles. The molecule has 0 heterocycles.